The van der Waals surface area contributed by atoms with E-state index in [1.165, 1.54) is 37.8 Å². The van der Waals surface area contributed by atoms with E-state index in [4.69, 9.17) is 21.8 Å². The first-order chi connectivity index (χ1) is 21.0. The van der Waals surface area contributed by atoms with Crippen molar-refractivity contribution in [1.82, 2.24) is 0 Å². The van der Waals surface area contributed by atoms with E-state index in [-0.39, 0.29) is 5.75 Å². The van der Waals surface area contributed by atoms with Gasteiger partial charge in [-0.2, -0.15) is 13.2 Å². The monoisotopic (exact) mass is 676 g/mol. The van der Waals surface area contributed by atoms with Crippen LogP contribution in [-0.2, 0) is 16.0 Å². The molecular weight excluding hydrogens is 625 g/mol. The van der Waals surface area contributed by atoms with E-state index in [0.717, 1.165) is 23.3 Å². The van der Waals surface area contributed by atoms with Crippen LogP contribution in [0.25, 0.3) is 0 Å². The van der Waals surface area contributed by atoms with Gasteiger partial charge in [0.1, 0.15) is 5.75 Å². The molecule has 0 heterocycles. The summed E-state index contributed by atoms with van der Waals surface area (Å²) in [6.07, 6.45) is 1.06. The Kier molecular flexibility index (Phi) is 26.0. The number of rotatable bonds is 6. The first kappa shape index (κ1) is 46.4. The zero-order chi connectivity index (χ0) is 35.8. The van der Waals surface area contributed by atoms with Gasteiger partial charge in [0.2, 0.25) is 0 Å². The van der Waals surface area contributed by atoms with Crippen LogP contribution in [0.1, 0.15) is 107 Å². The average molecular weight is 677 g/mol. The summed E-state index contributed by atoms with van der Waals surface area (Å²) in [6, 6.07) is 14.9. The molecular formula is C35H52ClF3O5S. The molecule has 256 valence electrons. The van der Waals surface area contributed by atoms with Crippen molar-refractivity contribution in [1.29, 1.82) is 0 Å². The van der Waals surface area contributed by atoms with Gasteiger partial charge in [-0.15, -0.1) is 0 Å². The maximum Gasteiger partial charge on any atom is 0.419 e. The molecule has 0 bridgehead atoms. The van der Waals surface area contributed by atoms with Gasteiger partial charge >= 0.3 is 12.1 Å². The fraction of sp³-hybridized carbons (Fsp3) is 0.457. The number of carbonyl (C=O) groups is 1. The highest BCUT2D eigenvalue weighted by Crippen LogP contribution is 2.35. The normalized spacial score (nSPS) is 10.0. The molecule has 3 rings (SSSR count). The number of aromatic carboxylic acids is 1. The maximum atomic E-state index is 12.0. The van der Waals surface area contributed by atoms with Crippen LogP contribution < -0.4 is 0 Å². The molecule has 0 fully saturated rings. The van der Waals surface area contributed by atoms with Crippen molar-refractivity contribution in [3.63, 3.8) is 0 Å². The number of aryl methyl sites for hydroxylation is 3. The van der Waals surface area contributed by atoms with E-state index in [1.807, 2.05) is 47.6 Å². The van der Waals surface area contributed by atoms with E-state index >= 15 is 0 Å². The van der Waals surface area contributed by atoms with Gasteiger partial charge in [0, 0.05) is 5.02 Å². The number of hydrogen-bond acceptors (Lipinski definition) is 4. The number of aromatic hydroxyl groups is 1. The number of carboxylic acids is 1. The minimum absolute atomic E-state index is 0.104. The number of alkyl halides is 3. The number of sulfone groups is 1. The summed E-state index contributed by atoms with van der Waals surface area (Å²) in [5.74, 6) is -1.49. The van der Waals surface area contributed by atoms with Crippen molar-refractivity contribution in [2.75, 3.05) is 5.75 Å². The minimum Gasteiger partial charge on any atom is -0.507 e. The van der Waals surface area contributed by atoms with Crippen LogP contribution >= 0.6 is 11.6 Å². The van der Waals surface area contributed by atoms with Gasteiger partial charge in [-0.1, -0.05) is 116 Å². The van der Waals surface area contributed by atoms with Gasteiger partial charge in [-0.05, 0) is 68.3 Å². The highest BCUT2D eigenvalue weighted by atomic mass is 35.5. The third-order valence-electron chi connectivity index (χ3n) is 5.56. The van der Waals surface area contributed by atoms with Crippen molar-refractivity contribution < 1.29 is 36.6 Å². The summed E-state index contributed by atoms with van der Waals surface area (Å²) in [7, 11) is -3.12. The third-order valence-corrected chi connectivity index (χ3v) is 7.70. The highest BCUT2D eigenvalue weighted by molar-refractivity contribution is 7.91. The fourth-order valence-electron chi connectivity index (χ4n) is 3.09. The van der Waals surface area contributed by atoms with Crippen LogP contribution in [0.2, 0.25) is 5.02 Å². The Morgan fingerprint density at radius 3 is 1.67 bits per heavy atom. The molecule has 10 heteroatoms. The maximum absolute atomic E-state index is 12.0. The van der Waals surface area contributed by atoms with Crippen LogP contribution in [0.15, 0.2) is 65.6 Å². The van der Waals surface area contributed by atoms with Gasteiger partial charge in [-0.25, -0.2) is 13.2 Å². The Morgan fingerprint density at radius 1 is 0.800 bits per heavy atom. The fourth-order valence-corrected chi connectivity index (χ4v) is 4.24. The van der Waals surface area contributed by atoms with Crippen molar-refractivity contribution in [2.24, 2.45) is 0 Å². The smallest absolute Gasteiger partial charge is 0.419 e. The number of phenols is 1. The summed E-state index contributed by atoms with van der Waals surface area (Å²) in [6.45, 7) is 19.4. The molecule has 0 aliphatic heterocycles. The predicted octanol–water partition coefficient (Wildman–Crippen LogP) is 11.5. The van der Waals surface area contributed by atoms with Crippen LogP contribution in [0.3, 0.4) is 0 Å². The number of benzene rings is 3. The molecule has 0 radical (unpaired) electrons. The first-order valence-corrected chi connectivity index (χ1v) is 17.2. The zero-order valence-corrected chi connectivity index (χ0v) is 29.9. The van der Waals surface area contributed by atoms with Crippen molar-refractivity contribution >= 4 is 27.4 Å². The first-order valence-electron chi connectivity index (χ1n) is 15.2. The van der Waals surface area contributed by atoms with Gasteiger partial charge in [0.05, 0.1) is 21.8 Å². The van der Waals surface area contributed by atoms with Gasteiger partial charge in [0.25, 0.3) is 0 Å². The molecule has 0 atom stereocenters. The number of hydrogen-bond donors (Lipinski definition) is 2. The Labute approximate surface area is 274 Å². The third kappa shape index (κ3) is 20.6. The number of phenolic OH excluding ortho intramolecular Hbond substituents is 1. The van der Waals surface area contributed by atoms with Crippen molar-refractivity contribution in [3.05, 3.63) is 93.5 Å². The molecule has 3 aromatic rings. The second kappa shape index (κ2) is 25.2. The SMILES string of the molecule is CC.CC.CCCCCC.CCS(=O)(=O)c1ccc(C)c(Cl)c1.Cc1ccc(C(F)(F)F)c(O)c1.Cc1cccc(C(=O)O)c1. The number of halogens is 4. The molecule has 0 saturated heterocycles. The number of carboxylic acid groups (broad SMARTS) is 1. The number of unbranched alkanes of at least 4 members (excludes halogenated alkanes) is 3. The van der Waals surface area contributed by atoms with E-state index in [0.29, 0.717) is 21.0 Å². The van der Waals surface area contributed by atoms with Gasteiger partial charge in [-0.3, -0.25) is 0 Å². The summed E-state index contributed by atoms with van der Waals surface area (Å²) in [5.41, 5.74) is 1.81. The summed E-state index contributed by atoms with van der Waals surface area (Å²) in [4.78, 5) is 10.6. The molecule has 2 N–H and O–H groups in total. The lowest BCUT2D eigenvalue weighted by Gasteiger charge is -2.08. The summed E-state index contributed by atoms with van der Waals surface area (Å²) in [5, 5.41) is 17.9. The van der Waals surface area contributed by atoms with Crippen molar-refractivity contribution in [2.45, 2.75) is 106 Å². The largest absolute Gasteiger partial charge is 0.507 e. The van der Waals surface area contributed by atoms with Crippen LogP contribution in [0, 0.1) is 20.8 Å². The van der Waals surface area contributed by atoms with E-state index in [1.54, 1.807) is 44.2 Å². The standard InChI is InChI=1S/C9H11ClO2S.C8H7F3O.C8H8O2.C6H14.2C2H6/c1-3-13(11,12)8-5-4-7(2)9(10)6-8;1-5-2-3-6(7(12)4-5)8(9,10)11;1-6-3-2-4-7(5-6)8(9)10;1-3-5-6-4-2;2*1-2/h4-6H,3H2,1-2H3;2-4,12H,1H3;2-5H,1H3,(H,9,10);3-6H2,1-2H3;2*1-2H3. The average Bonchev–Trinajstić information content (AvgIpc) is 2.99. The molecule has 0 unspecified atom stereocenters. The molecule has 0 aliphatic carbocycles. The Morgan fingerprint density at radius 2 is 1.31 bits per heavy atom. The van der Waals surface area contributed by atoms with E-state index in [9.17, 15) is 26.4 Å². The minimum atomic E-state index is -4.47. The second-order valence-electron chi connectivity index (χ2n) is 9.21. The Bertz CT molecular complexity index is 1340. The molecule has 5 nitrogen and oxygen atoms in total. The molecule has 0 aliphatic rings. The highest BCUT2D eigenvalue weighted by Gasteiger charge is 2.33. The Balaban J connectivity index is -0.000000517. The molecule has 45 heavy (non-hydrogen) atoms. The topological polar surface area (TPSA) is 91.7 Å². The molecule has 0 amide bonds. The zero-order valence-electron chi connectivity index (χ0n) is 28.3. The second-order valence-corrected chi connectivity index (χ2v) is 11.9. The van der Waals surface area contributed by atoms with E-state index < -0.39 is 33.3 Å². The molecule has 0 spiro atoms. The molecule has 3 aromatic carbocycles. The predicted molar refractivity (Wildman–Crippen MR) is 182 cm³/mol. The van der Waals surface area contributed by atoms with Crippen LogP contribution in [-0.4, -0.2) is 30.4 Å². The lowest BCUT2D eigenvalue weighted by Crippen LogP contribution is -2.04. The van der Waals surface area contributed by atoms with Gasteiger partial charge < -0.3 is 10.2 Å². The lowest BCUT2D eigenvalue weighted by molar-refractivity contribution is -0.138. The van der Waals surface area contributed by atoms with Crippen LogP contribution in [0.5, 0.6) is 5.75 Å². The van der Waals surface area contributed by atoms with Crippen molar-refractivity contribution in [3.8, 4) is 5.75 Å². The van der Waals surface area contributed by atoms with Gasteiger partial charge in [0.15, 0.2) is 9.84 Å². The molecule has 0 saturated carbocycles. The quantitative estimate of drug-likeness (QED) is 0.253. The lowest BCUT2D eigenvalue weighted by atomic mass is 10.1. The van der Waals surface area contributed by atoms with Crippen LogP contribution in [0.4, 0.5) is 13.2 Å². The van der Waals surface area contributed by atoms with E-state index in [2.05, 4.69) is 13.8 Å². The molecule has 0 aromatic heterocycles. The summed E-state index contributed by atoms with van der Waals surface area (Å²) < 4.78 is 58.9. The Hall–Kier alpha value is -3.04. The summed E-state index contributed by atoms with van der Waals surface area (Å²) >= 11 is 5.81.